The molecule has 1 amide bonds. The minimum Gasteiger partial charge on any atom is -0.480 e. The molecule has 0 aliphatic rings. The monoisotopic (exact) mass is 252 g/mol. The Kier molecular flexibility index (Phi) is 4.42. The first-order chi connectivity index (χ1) is 8.45. The van der Waals surface area contributed by atoms with Crippen molar-refractivity contribution < 1.29 is 19.1 Å². The van der Waals surface area contributed by atoms with Gasteiger partial charge in [0.25, 0.3) is 0 Å². The third-order valence-electron chi connectivity index (χ3n) is 2.28. The first-order valence-electron chi connectivity index (χ1n) is 5.15. The molecule has 1 atom stereocenters. The first-order valence-corrected chi connectivity index (χ1v) is 5.15. The minimum atomic E-state index is -1.12. The zero-order chi connectivity index (χ0) is 13.7. The van der Waals surface area contributed by atoms with Crippen molar-refractivity contribution in [3.63, 3.8) is 0 Å². The maximum Gasteiger partial charge on any atom is 0.326 e. The number of aliphatic carboxylic acids is 1. The van der Waals surface area contributed by atoms with E-state index in [-0.39, 0.29) is 17.7 Å². The van der Waals surface area contributed by atoms with Crippen LogP contribution in [0.15, 0.2) is 30.9 Å². The highest BCUT2D eigenvalue weighted by atomic mass is 19.1. The normalized spacial score (nSPS) is 11.6. The number of nitrogens with one attached hydrogen (secondary N) is 1. The molecule has 0 aliphatic carbocycles. The van der Waals surface area contributed by atoms with Gasteiger partial charge in [0.1, 0.15) is 11.9 Å². The van der Waals surface area contributed by atoms with Crippen LogP contribution in [0.5, 0.6) is 0 Å². The predicted molar refractivity (Wildman–Crippen MR) is 64.8 cm³/mol. The topological polar surface area (TPSA) is 92.4 Å². The maximum atomic E-state index is 13.6. The number of carboxylic acids is 1. The third kappa shape index (κ3) is 3.31. The van der Waals surface area contributed by atoms with Gasteiger partial charge in [0.05, 0.1) is 5.69 Å². The van der Waals surface area contributed by atoms with E-state index in [0.717, 1.165) is 6.07 Å². The second kappa shape index (κ2) is 5.81. The van der Waals surface area contributed by atoms with Gasteiger partial charge in [0.2, 0.25) is 5.91 Å². The second-order valence-corrected chi connectivity index (χ2v) is 3.62. The molecule has 18 heavy (non-hydrogen) atoms. The van der Waals surface area contributed by atoms with Crippen LogP contribution in [0.3, 0.4) is 0 Å². The summed E-state index contributed by atoms with van der Waals surface area (Å²) in [5.74, 6) is -2.60. The number of anilines is 1. The van der Waals surface area contributed by atoms with Crippen molar-refractivity contribution in [2.24, 2.45) is 5.73 Å². The fraction of sp³-hybridized carbons (Fsp3) is 0.167. The van der Waals surface area contributed by atoms with E-state index in [0.29, 0.717) is 0 Å². The average molecular weight is 252 g/mol. The fourth-order valence-electron chi connectivity index (χ4n) is 1.36. The van der Waals surface area contributed by atoms with E-state index in [2.05, 4.69) is 11.9 Å². The Morgan fingerprint density at radius 2 is 2.22 bits per heavy atom. The van der Waals surface area contributed by atoms with Crippen LogP contribution in [0.4, 0.5) is 10.1 Å². The molecule has 96 valence electrons. The van der Waals surface area contributed by atoms with Crippen LogP contribution >= 0.6 is 0 Å². The zero-order valence-electron chi connectivity index (χ0n) is 9.52. The number of carboxylic acid groups (broad SMARTS) is 1. The van der Waals surface area contributed by atoms with Crippen molar-refractivity contribution in [2.75, 3.05) is 5.32 Å². The molecule has 0 spiro atoms. The first kappa shape index (κ1) is 13.7. The van der Waals surface area contributed by atoms with Gasteiger partial charge in [0, 0.05) is 5.56 Å². The van der Waals surface area contributed by atoms with Gasteiger partial charge in [-0.1, -0.05) is 6.08 Å². The van der Waals surface area contributed by atoms with Crippen molar-refractivity contribution in [2.45, 2.75) is 12.5 Å². The summed E-state index contributed by atoms with van der Waals surface area (Å²) in [5, 5.41) is 11.4. The summed E-state index contributed by atoms with van der Waals surface area (Å²) in [6.45, 7) is 3.43. The van der Waals surface area contributed by atoms with Crippen molar-refractivity contribution in [3.8, 4) is 0 Å². The van der Waals surface area contributed by atoms with Gasteiger partial charge < -0.3 is 16.2 Å². The lowest BCUT2D eigenvalue weighted by molar-refractivity contribution is -0.137. The van der Waals surface area contributed by atoms with E-state index in [9.17, 15) is 14.0 Å². The quantitative estimate of drug-likeness (QED) is 0.666. The number of hydrogen-bond acceptors (Lipinski definition) is 3. The molecule has 5 nitrogen and oxygen atoms in total. The molecule has 6 heteroatoms. The highest BCUT2D eigenvalue weighted by Crippen LogP contribution is 2.17. The molecule has 0 bridgehead atoms. The van der Waals surface area contributed by atoms with Crippen molar-refractivity contribution in [1.29, 1.82) is 0 Å². The van der Waals surface area contributed by atoms with Crippen LogP contribution in [0.1, 0.15) is 16.8 Å². The summed E-state index contributed by atoms with van der Waals surface area (Å²) in [6, 6.07) is 2.57. The van der Waals surface area contributed by atoms with Gasteiger partial charge in [-0.25, -0.2) is 9.18 Å². The standard InChI is InChI=1S/C12H13FN2O3/c1-2-3-10(12(17)18)15-9-5-4-7(11(14)16)6-8(9)13/h2,4-6,10,15H,1,3H2,(H2,14,16)(H,17,18). The number of carbonyl (C=O) groups is 2. The number of benzene rings is 1. The molecule has 0 heterocycles. The highest BCUT2D eigenvalue weighted by molar-refractivity contribution is 5.93. The number of rotatable bonds is 6. The van der Waals surface area contributed by atoms with Crippen molar-refractivity contribution >= 4 is 17.6 Å². The Labute approximate surface area is 103 Å². The molecule has 0 radical (unpaired) electrons. The molecule has 1 aromatic rings. The van der Waals surface area contributed by atoms with E-state index in [1.807, 2.05) is 0 Å². The van der Waals surface area contributed by atoms with Crippen LogP contribution in [0.25, 0.3) is 0 Å². The lowest BCUT2D eigenvalue weighted by atomic mass is 10.1. The lowest BCUT2D eigenvalue weighted by Crippen LogP contribution is -2.29. The summed E-state index contributed by atoms with van der Waals surface area (Å²) in [4.78, 5) is 21.7. The SMILES string of the molecule is C=CCC(Nc1ccc(C(N)=O)cc1F)C(=O)O. The number of carbonyl (C=O) groups excluding carboxylic acids is 1. The number of nitrogens with two attached hydrogens (primary N) is 1. The largest absolute Gasteiger partial charge is 0.480 e. The molecule has 1 aromatic carbocycles. The number of primary amides is 1. The average Bonchev–Trinajstić information content (AvgIpc) is 2.30. The molecular weight excluding hydrogens is 239 g/mol. The number of halogens is 1. The van der Waals surface area contributed by atoms with E-state index < -0.39 is 23.7 Å². The highest BCUT2D eigenvalue weighted by Gasteiger charge is 2.17. The van der Waals surface area contributed by atoms with Gasteiger partial charge in [-0.3, -0.25) is 4.79 Å². The zero-order valence-corrected chi connectivity index (χ0v) is 9.52. The van der Waals surface area contributed by atoms with Crippen molar-refractivity contribution in [1.82, 2.24) is 0 Å². The molecule has 4 N–H and O–H groups in total. The van der Waals surface area contributed by atoms with Gasteiger partial charge in [-0.2, -0.15) is 0 Å². The molecule has 0 aromatic heterocycles. The molecule has 1 rings (SSSR count). The Morgan fingerprint density at radius 3 is 2.67 bits per heavy atom. The third-order valence-corrected chi connectivity index (χ3v) is 2.28. The molecule has 0 saturated carbocycles. The molecule has 0 aliphatic heterocycles. The number of hydrogen-bond donors (Lipinski definition) is 3. The molecule has 0 saturated heterocycles. The van der Waals surface area contributed by atoms with Crippen LogP contribution in [-0.4, -0.2) is 23.0 Å². The van der Waals surface area contributed by atoms with Crippen LogP contribution < -0.4 is 11.1 Å². The fourth-order valence-corrected chi connectivity index (χ4v) is 1.36. The predicted octanol–water partition coefficient (Wildman–Crippen LogP) is 1.37. The summed E-state index contributed by atoms with van der Waals surface area (Å²) >= 11 is 0. The van der Waals surface area contributed by atoms with E-state index >= 15 is 0 Å². The van der Waals surface area contributed by atoms with Gasteiger partial charge >= 0.3 is 5.97 Å². The summed E-state index contributed by atoms with van der Waals surface area (Å²) in [6.07, 6.45) is 1.56. The van der Waals surface area contributed by atoms with E-state index in [1.165, 1.54) is 18.2 Å². The van der Waals surface area contributed by atoms with Crippen LogP contribution in [0.2, 0.25) is 0 Å². The Bertz CT molecular complexity index is 488. The van der Waals surface area contributed by atoms with E-state index in [4.69, 9.17) is 10.8 Å². The molecule has 1 unspecified atom stereocenters. The van der Waals surface area contributed by atoms with Gasteiger partial charge in [-0.15, -0.1) is 6.58 Å². The summed E-state index contributed by atoms with van der Waals surface area (Å²) < 4.78 is 13.6. The smallest absolute Gasteiger partial charge is 0.326 e. The lowest BCUT2D eigenvalue weighted by Gasteiger charge is -2.14. The summed E-state index contributed by atoms with van der Waals surface area (Å²) in [7, 11) is 0. The van der Waals surface area contributed by atoms with Gasteiger partial charge in [0.15, 0.2) is 0 Å². The van der Waals surface area contributed by atoms with Crippen LogP contribution in [-0.2, 0) is 4.79 Å². The second-order valence-electron chi connectivity index (χ2n) is 3.62. The Morgan fingerprint density at radius 1 is 1.56 bits per heavy atom. The van der Waals surface area contributed by atoms with Gasteiger partial charge in [-0.05, 0) is 24.6 Å². The van der Waals surface area contributed by atoms with Crippen molar-refractivity contribution in [3.05, 3.63) is 42.2 Å². The molecule has 0 fully saturated rings. The Balaban J connectivity index is 2.93. The Hall–Kier alpha value is -2.37. The van der Waals surface area contributed by atoms with E-state index in [1.54, 1.807) is 0 Å². The maximum absolute atomic E-state index is 13.6. The summed E-state index contributed by atoms with van der Waals surface area (Å²) in [5.41, 5.74) is 5.01. The molecular formula is C12H13FN2O3. The van der Waals surface area contributed by atoms with Crippen LogP contribution in [0, 0.1) is 5.82 Å². The minimum absolute atomic E-state index is 0.00532. The number of amides is 1.